The Morgan fingerprint density at radius 1 is 1.31 bits per heavy atom. The minimum absolute atomic E-state index is 0.289. The smallest absolute Gasteiger partial charge is 0.231 e. The SMILES string of the molecule is COc1cc(OC)nc(N(C)C(C)CBr)n1. The molecule has 0 aliphatic heterocycles. The lowest BCUT2D eigenvalue weighted by molar-refractivity contribution is 0.371. The number of rotatable bonds is 5. The zero-order valence-electron chi connectivity index (χ0n) is 9.90. The maximum absolute atomic E-state index is 5.09. The molecule has 0 fully saturated rings. The Balaban J connectivity index is 3.02. The Morgan fingerprint density at radius 3 is 2.19 bits per heavy atom. The van der Waals surface area contributed by atoms with E-state index in [4.69, 9.17) is 9.47 Å². The van der Waals surface area contributed by atoms with E-state index in [-0.39, 0.29) is 6.04 Å². The molecule has 90 valence electrons. The van der Waals surface area contributed by atoms with Crippen molar-refractivity contribution in [2.75, 3.05) is 31.5 Å². The maximum Gasteiger partial charge on any atom is 0.231 e. The third-order valence-corrected chi connectivity index (χ3v) is 3.22. The van der Waals surface area contributed by atoms with Gasteiger partial charge in [0.25, 0.3) is 0 Å². The Kier molecular flexibility index (Phi) is 4.79. The summed E-state index contributed by atoms with van der Waals surface area (Å²) in [5.41, 5.74) is 0. The molecule has 0 radical (unpaired) electrons. The molecule has 1 heterocycles. The first-order valence-corrected chi connectivity index (χ1v) is 6.00. The lowest BCUT2D eigenvalue weighted by Gasteiger charge is -2.23. The number of anilines is 1. The van der Waals surface area contributed by atoms with Crippen molar-refractivity contribution in [1.29, 1.82) is 0 Å². The van der Waals surface area contributed by atoms with E-state index in [0.717, 1.165) is 5.33 Å². The summed E-state index contributed by atoms with van der Waals surface area (Å²) in [6, 6.07) is 1.94. The van der Waals surface area contributed by atoms with Crippen LogP contribution in [0.1, 0.15) is 6.92 Å². The largest absolute Gasteiger partial charge is 0.481 e. The predicted molar refractivity (Wildman–Crippen MR) is 66.8 cm³/mol. The van der Waals surface area contributed by atoms with Crippen LogP contribution in [-0.2, 0) is 0 Å². The normalized spacial score (nSPS) is 12.1. The van der Waals surface area contributed by atoms with Gasteiger partial charge in [0.05, 0.1) is 20.3 Å². The lowest BCUT2D eigenvalue weighted by Crippen LogP contribution is -2.31. The van der Waals surface area contributed by atoms with Gasteiger partial charge in [-0.3, -0.25) is 0 Å². The van der Waals surface area contributed by atoms with Gasteiger partial charge < -0.3 is 14.4 Å². The van der Waals surface area contributed by atoms with Crippen LogP contribution in [0.25, 0.3) is 0 Å². The molecular weight excluding hydrogens is 274 g/mol. The number of hydrogen-bond acceptors (Lipinski definition) is 5. The van der Waals surface area contributed by atoms with E-state index in [1.54, 1.807) is 20.3 Å². The van der Waals surface area contributed by atoms with E-state index in [0.29, 0.717) is 17.7 Å². The Hall–Kier alpha value is -1.04. The van der Waals surface area contributed by atoms with Gasteiger partial charge in [-0.05, 0) is 6.92 Å². The van der Waals surface area contributed by atoms with E-state index in [2.05, 4.69) is 32.8 Å². The molecule has 6 heteroatoms. The molecule has 0 spiro atoms. The lowest BCUT2D eigenvalue weighted by atomic mass is 10.3. The van der Waals surface area contributed by atoms with Crippen LogP contribution in [0.5, 0.6) is 11.8 Å². The van der Waals surface area contributed by atoms with Gasteiger partial charge >= 0.3 is 0 Å². The molecule has 1 aromatic rings. The molecule has 5 nitrogen and oxygen atoms in total. The van der Waals surface area contributed by atoms with Crippen molar-refractivity contribution < 1.29 is 9.47 Å². The number of alkyl halides is 1. The second-order valence-corrected chi connectivity index (χ2v) is 4.01. The van der Waals surface area contributed by atoms with Crippen LogP contribution in [0.15, 0.2) is 6.07 Å². The fourth-order valence-electron chi connectivity index (χ4n) is 1.06. The first kappa shape index (κ1) is 13.0. The minimum Gasteiger partial charge on any atom is -0.481 e. The van der Waals surface area contributed by atoms with Crippen molar-refractivity contribution >= 4 is 21.9 Å². The average molecular weight is 290 g/mol. The molecule has 0 amide bonds. The summed E-state index contributed by atoms with van der Waals surface area (Å²) in [7, 11) is 5.07. The first-order valence-electron chi connectivity index (χ1n) is 4.88. The summed E-state index contributed by atoms with van der Waals surface area (Å²) in [6.45, 7) is 2.07. The molecule has 0 aliphatic rings. The van der Waals surface area contributed by atoms with Crippen molar-refractivity contribution in [3.05, 3.63) is 6.07 Å². The summed E-state index contributed by atoms with van der Waals surface area (Å²) < 4.78 is 10.2. The van der Waals surface area contributed by atoms with Gasteiger partial charge in [-0.2, -0.15) is 9.97 Å². The van der Waals surface area contributed by atoms with Gasteiger partial charge in [0.15, 0.2) is 0 Å². The summed E-state index contributed by atoms with van der Waals surface area (Å²) >= 11 is 3.42. The van der Waals surface area contributed by atoms with Gasteiger partial charge in [0.2, 0.25) is 17.7 Å². The van der Waals surface area contributed by atoms with E-state index in [1.165, 1.54) is 0 Å². The second kappa shape index (κ2) is 5.89. The van der Waals surface area contributed by atoms with Crippen LogP contribution in [0.3, 0.4) is 0 Å². The topological polar surface area (TPSA) is 47.5 Å². The number of ether oxygens (including phenoxy) is 2. The number of halogens is 1. The molecule has 0 saturated heterocycles. The van der Waals surface area contributed by atoms with E-state index < -0.39 is 0 Å². The molecule has 0 saturated carbocycles. The van der Waals surface area contributed by atoms with Crippen LogP contribution >= 0.6 is 15.9 Å². The molecule has 0 bridgehead atoms. The number of hydrogen-bond donors (Lipinski definition) is 0. The number of methoxy groups -OCH3 is 2. The summed E-state index contributed by atoms with van der Waals surface area (Å²) in [6.07, 6.45) is 0. The van der Waals surface area contributed by atoms with Gasteiger partial charge in [-0.25, -0.2) is 0 Å². The van der Waals surface area contributed by atoms with Crippen molar-refractivity contribution in [3.8, 4) is 11.8 Å². The second-order valence-electron chi connectivity index (χ2n) is 3.37. The van der Waals surface area contributed by atoms with E-state index in [1.807, 2.05) is 11.9 Å². The zero-order valence-corrected chi connectivity index (χ0v) is 11.5. The molecular formula is C10H16BrN3O2. The summed E-state index contributed by atoms with van der Waals surface area (Å²) in [5, 5.41) is 0.840. The molecule has 0 aromatic carbocycles. The standard InChI is InChI=1S/C10H16BrN3O2/c1-7(6-11)14(2)10-12-8(15-3)5-9(13-10)16-4/h5,7H,6H2,1-4H3. The predicted octanol–water partition coefficient (Wildman–Crippen LogP) is 1.71. The van der Waals surface area contributed by atoms with Crippen LogP contribution in [-0.4, -0.2) is 42.6 Å². The third-order valence-electron chi connectivity index (χ3n) is 2.29. The highest BCUT2D eigenvalue weighted by Gasteiger charge is 2.14. The minimum atomic E-state index is 0.289. The average Bonchev–Trinajstić information content (AvgIpc) is 2.35. The maximum atomic E-state index is 5.09. The van der Waals surface area contributed by atoms with Crippen molar-refractivity contribution in [2.24, 2.45) is 0 Å². The van der Waals surface area contributed by atoms with Crippen LogP contribution in [0.4, 0.5) is 5.95 Å². The van der Waals surface area contributed by atoms with Crippen molar-refractivity contribution in [2.45, 2.75) is 13.0 Å². The molecule has 1 atom stereocenters. The molecule has 1 unspecified atom stereocenters. The number of nitrogens with zero attached hydrogens (tertiary/aromatic N) is 3. The van der Waals surface area contributed by atoms with E-state index >= 15 is 0 Å². The first-order chi connectivity index (χ1) is 7.62. The van der Waals surface area contributed by atoms with E-state index in [9.17, 15) is 0 Å². The Morgan fingerprint density at radius 2 is 1.81 bits per heavy atom. The molecule has 0 aliphatic carbocycles. The van der Waals surface area contributed by atoms with Gasteiger partial charge in [-0.15, -0.1) is 0 Å². The van der Waals surface area contributed by atoms with Gasteiger partial charge in [-0.1, -0.05) is 15.9 Å². The summed E-state index contributed by atoms with van der Waals surface area (Å²) in [4.78, 5) is 10.5. The van der Waals surface area contributed by atoms with Crippen LogP contribution < -0.4 is 14.4 Å². The van der Waals surface area contributed by atoms with Gasteiger partial charge in [0.1, 0.15) is 0 Å². The Bertz CT molecular complexity index is 327. The van der Waals surface area contributed by atoms with Crippen LogP contribution in [0, 0.1) is 0 Å². The molecule has 16 heavy (non-hydrogen) atoms. The third kappa shape index (κ3) is 2.98. The quantitative estimate of drug-likeness (QED) is 0.773. The zero-order chi connectivity index (χ0) is 12.1. The molecule has 1 aromatic heterocycles. The highest BCUT2D eigenvalue weighted by Crippen LogP contribution is 2.20. The fraction of sp³-hybridized carbons (Fsp3) is 0.600. The Labute approximate surface area is 104 Å². The number of aromatic nitrogens is 2. The van der Waals surface area contributed by atoms with Crippen LogP contribution in [0.2, 0.25) is 0 Å². The van der Waals surface area contributed by atoms with Crippen molar-refractivity contribution in [1.82, 2.24) is 9.97 Å². The molecule has 1 rings (SSSR count). The fourth-order valence-corrected chi connectivity index (χ4v) is 1.49. The molecule has 0 N–H and O–H groups in total. The monoisotopic (exact) mass is 289 g/mol. The highest BCUT2D eigenvalue weighted by atomic mass is 79.9. The highest BCUT2D eigenvalue weighted by molar-refractivity contribution is 9.09. The van der Waals surface area contributed by atoms with Gasteiger partial charge in [0, 0.05) is 18.4 Å². The van der Waals surface area contributed by atoms with Crippen molar-refractivity contribution in [3.63, 3.8) is 0 Å². The summed E-state index contributed by atoms with van der Waals surface area (Å²) in [5.74, 6) is 1.58.